The van der Waals surface area contributed by atoms with Crippen molar-refractivity contribution in [3.8, 4) is 10.6 Å². The summed E-state index contributed by atoms with van der Waals surface area (Å²) in [5, 5.41) is 3.14. The Bertz CT molecular complexity index is 593. The lowest BCUT2D eigenvalue weighted by Crippen LogP contribution is -2.26. The molecule has 19 heavy (non-hydrogen) atoms. The molecule has 1 fully saturated rings. The molecule has 0 aromatic carbocycles. The second-order valence-electron chi connectivity index (χ2n) is 4.46. The van der Waals surface area contributed by atoms with Crippen molar-refractivity contribution in [2.75, 3.05) is 13.1 Å². The fraction of sp³-hybridized carbons (Fsp3) is 0.385. The van der Waals surface area contributed by atoms with Crippen LogP contribution in [-0.2, 0) is 11.2 Å². The number of thiazole rings is 1. The van der Waals surface area contributed by atoms with Crippen LogP contribution in [0.2, 0.25) is 4.34 Å². The van der Waals surface area contributed by atoms with E-state index in [2.05, 4.69) is 10.4 Å². The summed E-state index contributed by atoms with van der Waals surface area (Å²) in [6.07, 6.45) is 2.54. The zero-order valence-electron chi connectivity index (χ0n) is 10.3. The van der Waals surface area contributed by atoms with Gasteiger partial charge in [0.05, 0.1) is 19.9 Å². The molecule has 1 aliphatic rings. The van der Waals surface area contributed by atoms with Gasteiger partial charge in [-0.1, -0.05) is 11.6 Å². The van der Waals surface area contributed by atoms with E-state index >= 15 is 0 Å². The Labute approximate surface area is 124 Å². The fourth-order valence-electron chi connectivity index (χ4n) is 2.16. The zero-order chi connectivity index (χ0) is 13.2. The molecule has 1 aliphatic heterocycles. The number of thiophene rings is 1. The van der Waals surface area contributed by atoms with E-state index in [1.807, 2.05) is 17.0 Å². The van der Waals surface area contributed by atoms with E-state index in [0.717, 1.165) is 45.8 Å². The molecule has 0 spiro atoms. The van der Waals surface area contributed by atoms with Gasteiger partial charge in [-0.05, 0) is 18.6 Å². The van der Waals surface area contributed by atoms with Crippen molar-refractivity contribution in [2.24, 2.45) is 0 Å². The first-order chi connectivity index (χ1) is 9.22. The number of nitrogens with zero attached hydrogens (tertiary/aromatic N) is 2. The number of carbonyl (C=O) groups is 1. The highest BCUT2D eigenvalue weighted by Crippen LogP contribution is 2.31. The number of rotatable bonds is 4. The molecule has 0 bridgehead atoms. The minimum atomic E-state index is 0.279. The van der Waals surface area contributed by atoms with Crippen molar-refractivity contribution in [3.63, 3.8) is 0 Å². The van der Waals surface area contributed by atoms with Crippen LogP contribution in [0.15, 0.2) is 17.5 Å². The van der Waals surface area contributed by atoms with Crippen LogP contribution >= 0.6 is 34.3 Å². The summed E-state index contributed by atoms with van der Waals surface area (Å²) in [6.45, 7) is 1.69. The molecule has 0 unspecified atom stereocenters. The Hall–Kier alpha value is -0.910. The fourth-order valence-corrected chi connectivity index (χ4v) is 4.03. The average Bonchev–Trinajstić information content (AvgIpc) is 3.08. The Morgan fingerprint density at radius 1 is 1.42 bits per heavy atom. The summed E-state index contributed by atoms with van der Waals surface area (Å²) < 4.78 is 0.784. The maximum absolute atomic E-state index is 11.5. The summed E-state index contributed by atoms with van der Waals surface area (Å²) in [4.78, 5) is 19.2. The molecule has 0 aliphatic carbocycles. The molecule has 0 saturated carbocycles. The SMILES string of the molecule is O=C1CCCN1CCc1nc(-c2ccc(Cl)s2)cs1. The van der Waals surface area contributed by atoms with Crippen molar-refractivity contribution in [3.05, 3.63) is 26.9 Å². The van der Waals surface area contributed by atoms with Gasteiger partial charge in [-0.2, -0.15) is 0 Å². The van der Waals surface area contributed by atoms with Gasteiger partial charge in [0, 0.05) is 31.3 Å². The first-order valence-electron chi connectivity index (χ1n) is 6.20. The number of amides is 1. The van der Waals surface area contributed by atoms with Crippen molar-refractivity contribution in [2.45, 2.75) is 19.3 Å². The zero-order valence-corrected chi connectivity index (χ0v) is 12.7. The lowest BCUT2D eigenvalue weighted by atomic mass is 10.3. The molecular weight excluding hydrogens is 300 g/mol. The highest BCUT2D eigenvalue weighted by molar-refractivity contribution is 7.19. The summed E-state index contributed by atoms with van der Waals surface area (Å²) in [5.74, 6) is 0.279. The second kappa shape index (κ2) is 5.61. The molecule has 3 nitrogen and oxygen atoms in total. The minimum Gasteiger partial charge on any atom is -0.342 e. The summed E-state index contributed by atoms with van der Waals surface area (Å²) in [5.41, 5.74) is 0.990. The largest absolute Gasteiger partial charge is 0.342 e. The summed E-state index contributed by atoms with van der Waals surface area (Å²) >= 11 is 9.13. The highest BCUT2D eigenvalue weighted by atomic mass is 35.5. The Kier molecular flexibility index (Phi) is 3.86. The van der Waals surface area contributed by atoms with Gasteiger partial charge in [-0.25, -0.2) is 4.98 Å². The quantitative estimate of drug-likeness (QED) is 0.862. The first-order valence-corrected chi connectivity index (χ1v) is 8.28. The van der Waals surface area contributed by atoms with Gasteiger partial charge in [0.25, 0.3) is 0 Å². The molecule has 1 saturated heterocycles. The number of hydrogen-bond acceptors (Lipinski definition) is 4. The van der Waals surface area contributed by atoms with Gasteiger partial charge in [0.15, 0.2) is 0 Å². The Morgan fingerprint density at radius 3 is 3.00 bits per heavy atom. The third-order valence-electron chi connectivity index (χ3n) is 3.14. The van der Waals surface area contributed by atoms with Gasteiger partial charge in [0.1, 0.15) is 0 Å². The molecule has 0 atom stereocenters. The van der Waals surface area contributed by atoms with E-state index in [1.54, 1.807) is 22.7 Å². The molecule has 6 heteroatoms. The third-order valence-corrected chi connectivity index (χ3v) is 5.31. The van der Waals surface area contributed by atoms with Crippen LogP contribution in [-0.4, -0.2) is 28.9 Å². The predicted octanol–water partition coefficient (Wildman–Crippen LogP) is 3.69. The lowest BCUT2D eigenvalue weighted by molar-refractivity contribution is -0.127. The van der Waals surface area contributed by atoms with E-state index < -0.39 is 0 Å². The molecule has 2 aromatic heterocycles. The van der Waals surface area contributed by atoms with Crippen molar-refractivity contribution in [1.29, 1.82) is 0 Å². The van der Waals surface area contributed by atoms with Crippen LogP contribution in [0.4, 0.5) is 0 Å². The van der Waals surface area contributed by atoms with E-state index in [9.17, 15) is 4.79 Å². The van der Waals surface area contributed by atoms with Gasteiger partial charge < -0.3 is 4.90 Å². The van der Waals surface area contributed by atoms with Gasteiger partial charge in [-0.3, -0.25) is 4.79 Å². The molecule has 1 amide bonds. The molecular formula is C13H13ClN2OS2. The van der Waals surface area contributed by atoms with Crippen LogP contribution in [0.1, 0.15) is 17.8 Å². The standard InChI is InChI=1S/C13H13ClN2OS2/c14-11-4-3-10(19-11)9-8-18-12(15-9)5-7-16-6-1-2-13(16)17/h3-4,8H,1-2,5-7H2. The van der Waals surface area contributed by atoms with Crippen LogP contribution < -0.4 is 0 Å². The van der Waals surface area contributed by atoms with Crippen molar-refractivity contribution < 1.29 is 4.79 Å². The Balaban J connectivity index is 1.63. The average molecular weight is 313 g/mol. The van der Waals surface area contributed by atoms with Crippen molar-refractivity contribution >= 4 is 40.2 Å². The van der Waals surface area contributed by atoms with Crippen LogP contribution in [0.25, 0.3) is 10.6 Å². The molecule has 2 aromatic rings. The third kappa shape index (κ3) is 2.99. The summed E-state index contributed by atoms with van der Waals surface area (Å²) in [6, 6.07) is 3.89. The number of aromatic nitrogens is 1. The minimum absolute atomic E-state index is 0.279. The van der Waals surface area contributed by atoms with E-state index in [0.29, 0.717) is 6.42 Å². The maximum atomic E-state index is 11.5. The van der Waals surface area contributed by atoms with E-state index in [-0.39, 0.29) is 5.91 Å². The van der Waals surface area contributed by atoms with Crippen LogP contribution in [0, 0.1) is 0 Å². The first kappa shape index (κ1) is 13.1. The van der Waals surface area contributed by atoms with Gasteiger partial charge in [-0.15, -0.1) is 22.7 Å². The monoisotopic (exact) mass is 312 g/mol. The number of halogens is 1. The molecule has 3 heterocycles. The topological polar surface area (TPSA) is 33.2 Å². The van der Waals surface area contributed by atoms with Gasteiger partial charge in [0.2, 0.25) is 5.91 Å². The predicted molar refractivity (Wildman–Crippen MR) is 80.0 cm³/mol. The highest BCUT2D eigenvalue weighted by Gasteiger charge is 2.19. The lowest BCUT2D eigenvalue weighted by Gasteiger charge is -2.13. The van der Waals surface area contributed by atoms with E-state index in [1.165, 1.54) is 0 Å². The summed E-state index contributed by atoms with van der Waals surface area (Å²) in [7, 11) is 0. The number of carbonyl (C=O) groups excluding carboxylic acids is 1. The smallest absolute Gasteiger partial charge is 0.222 e. The van der Waals surface area contributed by atoms with Crippen LogP contribution in [0.5, 0.6) is 0 Å². The van der Waals surface area contributed by atoms with E-state index in [4.69, 9.17) is 11.6 Å². The second-order valence-corrected chi connectivity index (χ2v) is 7.12. The Morgan fingerprint density at radius 2 is 2.32 bits per heavy atom. The van der Waals surface area contributed by atoms with Crippen molar-refractivity contribution in [1.82, 2.24) is 9.88 Å². The molecule has 100 valence electrons. The number of hydrogen-bond donors (Lipinski definition) is 0. The van der Waals surface area contributed by atoms with Gasteiger partial charge >= 0.3 is 0 Å². The maximum Gasteiger partial charge on any atom is 0.222 e. The molecule has 0 N–H and O–H groups in total. The normalized spacial score (nSPS) is 15.4. The van der Waals surface area contributed by atoms with Crippen LogP contribution in [0.3, 0.4) is 0 Å². The number of likely N-dealkylation sites (tertiary alicyclic amines) is 1. The molecule has 3 rings (SSSR count). The molecule has 0 radical (unpaired) electrons.